The van der Waals surface area contributed by atoms with E-state index in [2.05, 4.69) is 46.4 Å². The molecule has 2 fully saturated rings. The van der Waals surface area contributed by atoms with Gasteiger partial charge in [-0.05, 0) is 26.2 Å². The van der Waals surface area contributed by atoms with Gasteiger partial charge in [-0.3, -0.25) is 0 Å². The monoisotopic (exact) mass is 401 g/mol. The third-order valence-corrected chi connectivity index (χ3v) is 4.90. The van der Waals surface area contributed by atoms with Crippen molar-refractivity contribution in [1.82, 2.24) is 4.90 Å². The molecule has 2 rings (SSSR count). The Morgan fingerprint density at radius 3 is 1.86 bits per heavy atom. The van der Waals surface area contributed by atoms with Crippen LogP contribution in [-0.2, 0) is 23.7 Å². The van der Waals surface area contributed by atoms with Crippen LogP contribution in [0, 0.1) is 17.3 Å². The first-order valence-corrected chi connectivity index (χ1v) is 10.9. The molecule has 2 bridgehead atoms. The van der Waals surface area contributed by atoms with Gasteiger partial charge in [-0.25, -0.2) is 0 Å². The van der Waals surface area contributed by atoms with Crippen molar-refractivity contribution in [2.45, 2.75) is 53.2 Å². The van der Waals surface area contributed by atoms with Crippen LogP contribution in [0.25, 0.3) is 0 Å². The second kappa shape index (κ2) is 11.2. The van der Waals surface area contributed by atoms with Crippen molar-refractivity contribution in [2.75, 3.05) is 72.5 Å². The van der Waals surface area contributed by atoms with E-state index in [-0.39, 0.29) is 11.0 Å². The molecular formula is C22H43NO5. The minimum Gasteiger partial charge on any atom is -0.381 e. The summed E-state index contributed by atoms with van der Waals surface area (Å²) in [4.78, 5) is 2.50. The van der Waals surface area contributed by atoms with Crippen molar-refractivity contribution in [1.29, 1.82) is 0 Å². The summed E-state index contributed by atoms with van der Waals surface area (Å²) in [5.41, 5.74) is 0.114. The van der Waals surface area contributed by atoms with E-state index in [9.17, 15) is 0 Å². The lowest BCUT2D eigenvalue weighted by Crippen LogP contribution is -2.58. The minimum absolute atomic E-state index is 0.0957. The highest BCUT2D eigenvalue weighted by Crippen LogP contribution is 2.32. The maximum Gasteiger partial charge on any atom is 0.0707 e. The lowest BCUT2D eigenvalue weighted by atomic mass is 9.84. The van der Waals surface area contributed by atoms with Crippen LogP contribution in [-0.4, -0.2) is 89.1 Å². The van der Waals surface area contributed by atoms with Gasteiger partial charge in [0, 0.05) is 31.5 Å². The van der Waals surface area contributed by atoms with Gasteiger partial charge in [0.2, 0.25) is 0 Å². The van der Waals surface area contributed by atoms with E-state index in [4.69, 9.17) is 23.7 Å². The number of likely N-dealkylation sites (tertiary alicyclic amines) is 1. The van der Waals surface area contributed by atoms with E-state index < -0.39 is 0 Å². The molecule has 166 valence electrons. The first-order chi connectivity index (χ1) is 13.1. The zero-order valence-electron chi connectivity index (χ0n) is 19.0. The topological polar surface area (TPSA) is 49.4 Å². The van der Waals surface area contributed by atoms with Crippen LogP contribution in [0.1, 0.15) is 41.5 Å². The maximum absolute atomic E-state index is 6.35. The summed E-state index contributed by atoms with van der Waals surface area (Å²) >= 11 is 0. The van der Waals surface area contributed by atoms with Crippen LogP contribution in [0.5, 0.6) is 0 Å². The second-order valence-electron chi connectivity index (χ2n) is 10.4. The summed E-state index contributed by atoms with van der Waals surface area (Å²) in [6, 6.07) is 0. The van der Waals surface area contributed by atoms with Gasteiger partial charge in [0.15, 0.2) is 0 Å². The van der Waals surface area contributed by atoms with Crippen molar-refractivity contribution in [3.8, 4) is 0 Å². The summed E-state index contributed by atoms with van der Waals surface area (Å²) in [6.07, 6.45) is 0.319. The molecule has 0 spiro atoms. The van der Waals surface area contributed by atoms with Crippen molar-refractivity contribution in [3.63, 3.8) is 0 Å². The van der Waals surface area contributed by atoms with Gasteiger partial charge >= 0.3 is 0 Å². The highest BCUT2D eigenvalue weighted by Gasteiger charge is 2.42. The smallest absolute Gasteiger partial charge is 0.0707 e. The predicted octanol–water partition coefficient (Wildman–Crippen LogP) is 2.84. The molecule has 0 N–H and O–H groups in total. The quantitative estimate of drug-likeness (QED) is 0.496. The standard InChI is InChI=1S/C22H43NO5/c1-21(2,3)17-26-12-11-25-10-9-24-8-7-23-13-18-15-27-16-19(14-23)20(18)28-22(4,5)6/h18-20H,7-17H2,1-6H3. The third-order valence-electron chi connectivity index (χ3n) is 4.90. The molecule has 6 nitrogen and oxygen atoms in total. The van der Waals surface area contributed by atoms with Crippen molar-refractivity contribution in [3.05, 3.63) is 0 Å². The van der Waals surface area contributed by atoms with Gasteiger partial charge in [-0.2, -0.15) is 0 Å². The number of piperidine rings is 1. The van der Waals surface area contributed by atoms with Crippen LogP contribution >= 0.6 is 0 Å². The lowest BCUT2D eigenvalue weighted by molar-refractivity contribution is -0.188. The van der Waals surface area contributed by atoms with Gasteiger partial charge < -0.3 is 28.6 Å². The first kappa shape index (κ1) is 24.0. The molecule has 2 aliphatic rings. The van der Waals surface area contributed by atoms with Crippen LogP contribution in [0.3, 0.4) is 0 Å². The van der Waals surface area contributed by atoms with Crippen LogP contribution in [0.2, 0.25) is 0 Å². The molecule has 0 aromatic heterocycles. The molecule has 2 unspecified atom stereocenters. The van der Waals surface area contributed by atoms with Crippen molar-refractivity contribution >= 4 is 0 Å². The first-order valence-electron chi connectivity index (χ1n) is 10.9. The van der Waals surface area contributed by atoms with E-state index >= 15 is 0 Å². The zero-order chi connectivity index (χ0) is 20.6. The van der Waals surface area contributed by atoms with Crippen molar-refractivity contribution < 1.29 is 23.7 Å². The van der Waals surface area contributed by atoms with Crippen LogP contribution in [0.15, 0.2) is 0 Å². The highest BCUT2D eigenvalue weighted by atomic mass is 16.5. The van der Waals surface area contributed by atoms with E-state index in [0.29, 0.717) is 44.4 Å². The summed E-state index contributed by atoms with van der Waals surface area (Å²) in [7, 11) is 0. The van der Waals surface area contributed by atoms with Crippen molar-refractivity contribution in [2.24, 2.45) is 17.3 Å². The molecule has 2 atom stereocenters. The van der Waals surface area contributed by atoms with E-state index in [1.165, 1.54) is 0 Å². The SMILES string of the molecule is CC(C)(C)COCCOCCOCCN1CC2COCC(C1)C2OC(C)(C)C. The predicted molar refractivity (Wildman–Crippen MR) is 111 cm³/mol. The number of fused-ring (bicyclic) bond motifs is 2. The number of hydrogen-bond donors (Lipinski definition) is 0. The third kappa shape index (κ3) is 9.51. The zero-order valence-corrected chi connectivity index (χ0v) is 19.0. The van der Waals surface area contributed by atoms with Gasteiger partial charge in [0.25, 0.3) is 0 Å². The van der Waals surface area contributed by atoms with Gasteiger partial charge in [0.05, 0.1) is 64.6 Å². The fourth-order valence-electron chi connectivity index (χ4n) is 3.79. The molecule has 6 heteroatoms. The molecule has 2 heterocycles. The van der Waals surface area contributed by atoms with E-state index in [0.717, 1.165) is 46.1 Å². The summed E-state index contributed by atoms with van der Waals surface area (Å²) in [6.45, 7) is 21.6. The fourth-order valence-corrected chi connectivity index (χ4v) is 3.79. The largest absolute Gasteiger partial charge is 0.381 e. The Hall–Kier alpha value is -0.240. The Morgan fingerprint density at radius 2 is 1.32 bits per heavy atom. The molecule has 2 saturated heterocycles. The normalized spacial score (nSPS) is 26.6. The summed E-state index contributed by atoms with van der Waals surface area (Å²) < 4.78 is 29.0. The van der Waals surface area contributed by atoms with Gasteiger partial charge in [0.1, 0.15) is 0 Å². The average Bonchev–Trinajstić information content (AvgIpc) is 2.54. The molecule has 28 heavy (non-hydrogen) atoms. The number of hydrogen-bond acceptors (Lipinski definition) is 6. The molecule has 0 aliphatic carbocycles. The van der Waals surface area contributed by atoms with E-state index in [1.807, 2.05) is 0 Å². The summed E-state index contributed by atoms with van der Waals surface area (Å²) in [5, 5.41) is 0. The highest BCUT2D eigenvalue weighted by molar-refractivity contribution is 4.91. The number of nitrogens with zero attached hydrogens (tertiary/aromatic N) is 1. The van der Waals surface area contributed by atoms with Crippen LogP contribution < -0.4 is 0 Å². The minimum atomic E-state index is -0.0957. The Bertz CT molecular complexity index is 418. The molecule has 0 aromatic carbocycles. The molecular weight excluding hydrogens is 358 g/mol. The van der Waals surface area contributed by atoms with E-state index in [1.54, 1.807) is 0 Å². The van der Waals surface area contributed by atoms with Gasteiger partial charge in [-0.1, -0.05) is 20.8 Å². The Kier molecular flexibility index (Phi) is 9.64. The lowest BCUT2D eigenvalue weighted by Gasteiger charge is -2.48. The molecule has 2 aliphatic heterocycles. The van der Waals surface area contributed by atoms with Gasteiger partial charge in [-0.15, -0.1) is 0 Å². The molecule has 0 saturated carbocycles. The average molecular weight is 402 g/mol. The number of rotatable bonds is 11. The van der Waals surface area contributed by atoms with Crippen LogP contribution in [0.4, 0.5) is 0 Å². The Balaban J connectivity index is 1.51. The molecule has 0 radical (unpaired) electrons. The summed E-state index contributed by atoms with van der Waals surface area (Å²) in [5.74, 6) is 0.923. The molecule has 0 aromatic rings. The Morgan fingerprint density at radius 1 is 0.786 bits per heavy atom. The Labute approximate surface area is 172 Å². The maximum atomic E-state index is 6.35. The number of ether oxygens (including phenoxy) is 5. The second-order valence-corrected chi connectivity index (χ2v) is 10.4. The fraction of sp³-hybridized carbons (Fsp3) is 1.00. The molecule has 0 amide bonds.